The fourth-order valence-electron chi connectivity index (χ4n) is 1.61. The van der Waals surface area contributed by atoms with Crippen LogP contribution in [-0.4, -0.2) is 21.8 Å². The standard InChI is InChI=1S/C12H13Cl2N3O2/c1-7-16-12(17-19-7)6-15-5-11(18)9-4-8(13)2-3-10(9)14/h2-4,11,15,18H,5-6H2,1H3. The molecule has 7 heteroatoms. The summed E-state index contributed by atoms with van der Waals surface area (Å²) in [5.41, 5.74) is 0.589. The Morgan fingerprint density at radius 2 is 2.21 bits per heavy atom. The number of halogens is 2. The fourth-order valence-corrected chi connectivity index (χ4v) is 2.04. The molecule has 0 aliphatic carbocycles. The van der Waals surface area contributed by atoms with E-state index in [0.29, 0.717) is 40.4 Å². The highest BCUT2D eigenvalue weighted by Gasteiger charge is 2.12. The van der Waals surface area contributed by atoms with E-state index in [-0.39, 0.29) is 0 Å². The average Bonchev–Trinajstić information content (AvgIpc) is 2.78. The maximum absolute atomic E-state index is 10.0. The Labute approximate surface area is 120 Å². The van der Waals surface area contributed by atoms with Crippen molar-refractivity contribution in [2.75, 3.05) is 6.54 Å². The van der Waals surface area contributed by atoms with Gasteiger partial charge in [0.1, 0.15) is 0 Å². The summed E-state index contributed by atoms with van der Waals surface area (Å²) in [6.45, 7) is 2.44. The van der Waals surface area contributed by atoms with Crippen molar-refractivity contribution in [2.45, 2.75) is 19.6 Å². The maximum Gasteiger partial charge on any atom is 0.223 e. The zero-order valence-corrected chi connectivity index (χ0v) is 11.7. The second-order valence-corrected chi connectivity index (χ2v) is 4.89. The summed E-state index contributed by atoms with van der Waals surface area (Å²) >= 11 is 11.9. The van der Waals surface area contributed by atoms with Crippen LogP contribution in [0.3, 0.4) is 0 Å². The molecule has 102 valence electrons. The van der Waals surface area contributed by atoms with E-state index in [2.05, 4.69) is 15.5 Å². The first kappa shape index (κ1) is 14.3. The third kappa shape index (κ3) is 3.91. The van der Waals surface area contributed by atoms with E-state index in [4.69, 9.17) is 27.7 Å². The Morgan fingerprint density at radius 1 is 1.42 bits per heavy atom. The minimum Gasteiger partial charge on any atom is -0.387 e. The lowest BCUT2D eigenvalue weighted by molar-refractivity contribution is 0.174. The summed E-state index contributed by atoms with van der Waals surface area (Å²) in [4.78, 5) is 4.04. The van der Waals surface area contributed by atoms with Crippen LogP contribution in [0.2, 0.25) is 10.0 Å². The Balaban J connectivity index is 1.90. The number of hydrogen-bond acceptors (Lipinski definition) is 5. The first-order valence-electron chi connectivity index (χ1n) is 5.69. The van der Waals surface area contributed by atoms with Crippen LogP contribution in [-0.2, 0) is 6.54 Å². The minimum absolute atomic E-state index is 0.313. The number of aryl methyl sites for hydroxylation is 1. The third-order valence-electron chi connectivity index (χ3n) is 2.51. The molecular formula is C12H13Cl2N3O2. The first-order chi connectivity index (χ1) is 9.06. The van der Waals surface area contributed by atoms with Crippen LogP contribution in [0.4, 0.5) is 0 Å². The molecule has 0 saturated heterocycles. The molecule has 0 saturated carbocycles. The summed E-state index contributed by atoms with van der Waals surface area (Å²) in [6, 6.07) is 4.98. The van der Waals surface area contributed by atoms with Crippen molar-refractivity contribution in [1.82, 2.24) is 15.5 Å². The number of aliphatic hydroxyl groups excluding tert-OH is 1. The highest BCUT2D eigenvalue weighted by Crippen LogP contribution is 2.25. The van der Waals surface area contributed by atoms with Gasteiger partial charge >= 0.3 is 0 Å². The lowest BCUT2D eigenvalue weighted by Crippen LogP contribution is -2.21. The molecule has 1 aromatic heterocycles. The summed E-state index contributed by atoms with van der Waals surface area (Å²) in [5, 5.41) is 17.8. The number of aromatic nitrogens is 2. The van der Waals surface area contributed by atoms with Crippen molar-refractivity contribution < 1.29 is 9.63 Å². The topological polar surface area (TPSA) is 71.2 Å². The van der Waals surface area contributed by atoms with Gasteiger partial charge in [-0.2, -0.15) is 4.98 Å². The summed E-state index contributed by atoms with van der Waals surface area (Å²) in [6.07, 6.45) is -0.751. The Kier molecular flexibility index (Phi) is 4.76. The highest BCUT2D eigenvalue weighted by molar-refractivity contribution is 6.33. The van der Waals surface area contributed by atoms with Gasteiger partial charge in [0.15, 0.2) is 5.82 Å². The number of benzene rings is 1. The lowest BCUT2D eigenvalue weighted by Gasteiger charge is -2.13. The second-order valence-electron chi connectivity index (χ2n) is 4.04. The highest BCUT2D eigenvalue weighted by atomic mass is 35.5. The molecule has 19 heavy (non-hydrogen) atoms. The van der Waals surface area contributed by atoms with Crippen molar-refractivity contribution in [1.29, 1.82) is 0 Å². The molecule has 5 nitrogen and oxygen atoms in total. The zero-order chi connectivity index (χ0) is 13.8. The minimum atomic E-state index is -0.751. The number of nitrogens with one attached hydrogen (secondary N) is 1. The molecule has 0 radical (unpaired) electrons. The molecule has 1 atom stereocenters. The van der Waals surface area contributed by atoms with Gasteiger partial charge in [0, 0.05) is 29.1 Å². The molecular weight excluding hydrogens is 289 g/mol. The van der Waals surface area contributed by atoms with Crippen molar-refractivity contribution >= 4 is 23.2 Å². The summed E-state index contributed by atoms with van der Waals surface area (Å²) < 4.78 is 4.84. The monoisotopic (exact) mass is 301 g/mol. The zero-order valence-electron chi connectivity index (χ0n) is 10.2. The average molecular weight is 302 g/mol. The normalized spacial score (nSPS) is 12.6. The molecule has 0 bridgehead atoms. The van der Waals surface area contributed by atoms with Crippen LogP contribution < -0.4 is 5.32 Å². The molecule has 0 spiro atoms. The molecule has 0 aliphatic heterocycles. The molecule has 1 heterocycles. The quantitative estimate of drug-likeness (QED) is 0.888. The second kappa shape index (κ2) is 6.34. The van der Waals surface area contributed by atoms with E-state index in [1.165, 1.54) is 0 Å². The van der Waals surface area contributed by atoms with E-state index in [9.17, 15) is 5.11 Å². The SMILES string of the molecule is Cc1nc(CNCC(O)c2cc(Cl)ccc2Cl)no1. The maximum atomic E-state index is 10.0. The van der Waals surface area contributed by atoms with Crippen LogP contribution in [0.5, 0.6) is 0 Å². The summed E-state index contributed by atoms with van der Waals surface area (Å²) in [5.74, 6) is 1.05. The van der Waals surface area contributed by atoms with Gasteiger partial charge in [0.05, 0.1) is 12.6 Å². The third-order valence-corrected chi connectivity index (χ3v) is 3.09. The van der Waals surface area contributed by atoms with Crippen LogP contribution in [0, 0.1) is 6.92 Å². The van der Waals surface area contributed by atoms with Crippen LogP contribution in [0.25, 0.3) is 0 Å². The number of aliphatic hydroxyl groups is 1. The number of nitrogens with zero attached hydrogens (tertiary/aromatic N) is 2. The number of hydrogen-bond donors (Lipinski definition) is 2. The Morgan fingerprint density at radius 3 is 2.89 bits per heavy atom. The fraction of sp³-hybridized carbons (Fsp3) is 0.333. The van der Waals surface area contributed by atoms with Crippen LogP contribution >= 0.6 is 23.2 Å². The smallest absolute Gasteiger partial charge is 0.223 e. The number of rotatable bonds is 5. The van der Waals surface area contributed by atoms with Gasteiger partial charge in [0.2, 0.25) is 5.89 Å². The van der Waals surface area contributed by atoms with Gasteiger partial charge in [-0.05, 0) is 18.2 Å². The van der Waals surface area contributed by atoms with E-state index in [1.54, 1.807) is 25.1 Å². The predicted octanol–water partition coefficient (Wildman–Crippen LogP) is 2.51. The Hall–Kier alpha value is -1.14. The van der Waals surface area contributed by atoms with E-state index in [1.807, 2.05) is 0 Å². The van der Waals surface area contributed by atoms with Gasteiger partial charge in [-0.25, -0.2) is 0 Å². The molecule has 2 N–H and O–H groups in total. The molecule has 2 aromatic rings. The van der Waals surface area contributed by atoms with E-state index in [0.717, 1.165) is 0 Å². The van der Waals surface area contributed by atoms with Gasteiger partial charge in [-0.3, -0.25) is 0 Å². The molecule has 0 amide bonds. The Bertz CT molecular complexity index is 560. The molecule has 1 aromatic carbocycles. The van der Waals surface area contributed by atoms with Crippen molar-refractivity contribution in [2.24, 2.45) is 0 Å². The molecule has 0 fully saturated rings. The lowest BCUT2D eigenvalue weighted by atomic mass is 10.1. The molecule has 1 unspecified atom stereocenters. The first-order valence-corrected chi connectivity index (χ1v) is 6.45. The van der Waals surface area contributed by atoms with Crippen LogP contribution in [0.1, 0.15) is 23.4 Å². The van der Waals surface area contributed by atoms with Crippen molar-refractivity contribution in [3.63, 3.8) is 0 Å². The van der Waals surface area contributed by atoms with E-state index < -0.39 is 6.10 Å². The van der Waals surface area contributed by atoms with Crippen molar-refractivity contribution in [3.8, 4) is 0 Å². The van der Waals surface area contributed by atoms with Crippen LogP contribution in [0.15, 0.2) is 22.7 Å². The van der Waals surface area contributed by atoms with Gasteiger partial charge < -0.3 is 14.9 Å². The van der Waals surface area contributed by atoms with E-state index >= 15 is 0 Å². The van der Waals surface area contributed by atoms with Gasteiger partial charge in [-0.1, -0.05) is 28.4 Å². The van der Waals surface area contributed by atoms with Gasteiger partial charge in [-0.15, -0.1) is 0 Å². The van der Waals surface area contributed by atoms with Crippen molar-refractivity contribution in [3.05, 3.63) is 45.5 Å². The molecule has 2 rings (SSSR count). The largest absolute Gasteiger partial charge is 0.387 e. The predicted molar refractivity (Wildman–Crippen MR) is 72.2 cm³/mol. The summed E-state index contributed by atoms with van der Waals surface area (Å²) in [7, 11) is 0. The molecule has 0 aliphatic rings. The van der Waals surface area contributed by atoms with Gasteiger partial charge in [0.25, 0.3) is 0 Å².